The first kappa shape index (κ1) is 30.4. The summed E-state index contributed by atoms with van der Waals surface area (Å²) in [7, 11) is 0. The molecule has 3 rings (SSSR count). The fourth-order valence-corrected chi connectivity index (χ4v) is 4.82. The third kappa shape index (κ3) is 8.98. The van der Waals surface area contributed by atoms with Crippen LogP contribution in [-0.4, -0.2) is 36.4 Å². The quantitative estimate of drug-likeness (QED) is 0.279. The highest BCUT2D eigenvalue weighted by molar-refractivity contribution is 5.46. The van der Waals surface area contributed by atoms with Gasteiger partial charge in [0, 0.05) is 48.4 Å². The second kappa shape index (κ2) is 13.8. The van der Waals surface area contributed by atoms with Crippen molar-refractivity contribution in [3.05, 3.63) is 57.6 Å². The highest BCUT2D eigenvalue weighted by Gasteiger charge is 2.20. The average Bonchev–Trinajstić information content (AvgIpc) is 2.83. The zero-order chi connectivity index (χ0) is 27.8. The predicted molar refractivity (Wildman–Crippen MR) is 159 cm³/mol. The number of fused-ring (bicyclic) bond motifs is 4. The third-order valence-corrected chi connectivity index (χ3v) is 7.44. The molecule has 0 aromatic heterocycles. The molecule has 2 aromatic carbocycles. The molecule has 0 unspecified atom stereocenters. The van der Waals surface area contributed by atoms with Crippen molar-refractivity contribution in [3.8, 4) is 11.5 Å². The topological polar surface area (TPSA) is 88.6 Å². The summed E-state index contributed by atoms with van der Waals surface area (Å²) in [5, 5.41) is 36.1. The molecular weight excluding hydrogens is 472 g/mol. The van der Waals surface area contributed by atoms with Crippen LogP contribution in [0.2, 0.25) is 0 Å². The second-order valence-electron chi connectivity index (χ2n) is 12.9. The van der Waals surface area contributed by atoms with Gasteiger partial charge in [-0.25, -0.2) is 0 Å². The van der Waals surface area contributed by atoms with E-state index in [1.807, 2.05) is 0 Å². The molecule has 1 aliphatic heterocycles. The Balaban J connectivity index is 1.70. The van der Waals surface area contributed by atoms with Gasteiger partial charge in [-0.3, -0.25) is 0 Å². The number of phenolic OH excluding ortho intramolecular Hbond substituents is 2. The normalized spacial score (nSPS) is 17.8. The first-order valence-corrected chi connectivity index (χ1v) is 14.5. The Kier molecular flexibility index (Phi) is 11.0. The number of phenols is 2. The van der Waals surface area contributed by atoms with Crippen LogP contribution in [0.5, 0.6) is 11.5 Å². The first-order chi connectivity index (χ1) is 18.0. The van der Waals surface area contributed by atoms with Gasteiger partial charge in [0.1, 0.15) is 11.5 Å². The Hall–Kier alpha value is -2.12. The Labute approximate surface area is 231 Å². The number of benzene rings is 2. The largest absolute Gasteiger partial charge is 0.507 e. The maximum Gasteiger partial charge on any atom is 0.124 e. The van der Waals surface area contributed by atoms with E-state index in [2.05, 4.69) is 87.1 Å². The van der Waals surface area contributed by atoms with Crippen molar-refractivity contribution in [1.82, 2.24) is 21.3 Å². The van der Waals surface area contributed by atoms with Gasteiger partial charge in [-0.2, -0.15) is 0 Å². The molecule has 0 spiro atoms. The Morgan fingerprint density at radius 3 is 0.921 bits per heavy atom. The van der Waals surface area contributed by atoms with Crippen LogP contribution in [0.15, 0.2) is 24.3 Å². The molecule has 1 aliphatic rings. The lowest BCUT2D eigenvalue weighted by Crippen LogP contribution is -2.22. The van der Waals surface area contributed by atoms with E-state index in [0.29, 0.717) is 37.7 Å². The molecule has 0 saturated heterocycles. The van der Waals surface area contributed by atoms with Gasteiger partial charge in [0.2, 0.25) is 0 Å². The summed E-state index contributed by atoms with van der Waals surface area (Å²) >= 11 is 0. The van der Waals surface area contributed by atoms with E-state index in [0.717, 1.165) is 74.1 Å². The Bertz CT molecular complexity index is 891. The van der Waals surface area contributed by atoms with Crippen LogP contribution in [0.1, 0.15) is 101 Å². The highest BCUT2D eigenvalue weighted by atomic mass is 16.3. The Morgan fingerprint density at radius 2 is 0.711 bits per heavy atom. The molecule has 0 atom stereocenters. The molecule has 212 valence electrons. The number of aromatic hydroxyl groups is 2. The van der Waals surface area contributed by atoms with Gasteiger partial charge >= 0.3 is 0 Å². The number of hydrogen-bond acceptors (Lipinski definition) is 6. The molecule has 6 N–H and O–H groups in total. The SMILES string of the molecule is CC(C)(C)c1cc2c(O)c(c1)CNCCCCNCc1cc(C(C)(C)C)cc(c1O)CNCCCCNC2. The molecule has 0 radical (unpaired) electrons. The zero-order valence-corrected chi connectivity index (χ0v) is 24.7. The van der Waals surface area contributed by atoms with E-state index >= 15 is 0 Å². The van der Waals surface area contributed by atoms with Gasteiger partial charge in [-0.1, -0.05) is 65.8 Å². The summed E-state index contributed by atoms with van der Waals surface area (Å²) in [4.78, 5) is 0. The van der Waals surface area contributed by atoms with Crippen molar-refractivity contribution >= 4 is 0 Å². The molecule has 1 heterocycles. The minimum atomic E-state index is 0.0277. The van der Waals surface area contributed by atoms with E-state index in [-0.39, 0.29) is 10.8 Å². The van der Waals surface area contributed by atoms with Crippen molar-refractivity contribution in [1.29, 1.82) is 0 Å². The lowest BCUT2D eigenvalue weighted by molar-refractivity contribution is 0.447. The summed E-state index contributed by atoms with van der Waals surface area (Å²) in [6, 6.07) is 8.63. The molecule has 0 amide bonds. The van der Waals surface area contributed by atoms with Crippen LogP contribution in [0.25, 0.3) is 0 Å². The lowest BCUT2D eigenvalue weighted by atomic mass is 9.84. The molecule has 6 nitrogen and oxygen atoms in total. The summed E-state index contributed by atoms with van der Waals surface area (Å²) in [5.41, 5.74) is 6.47. The van der Waals surface area contributed by atoms with Gasteiger partial charge in [-0.15, -0.1) is 0 Å². The standard InChI is InChI=1S/C32H52N4O2/c1-31(2,3)27-15-23-19-33-11-7-9-13-35-21-25-17-28(32(4,5)6)18-26(30(25)38)22-36-14-10-8-12-34-20-24(16-27)29(23)37/h15-18,33-38H,7-14,19-22H2,1-6H3. The minimum absolute atomic E-state index is 0.0277. The summed E-state index contributed by atoms with van der Waals surface area (Å²) < 4.78 is 0. The van der Waals surface area contributed by atoms with Crippen molar-refractivity contribution in [2.24, 2.45) is 0 Å². The van der Waals surface area contributed by atoms with Crippen LogP contribution in [0, 0.1) is 0 Å². The molecule has 2 aromatic rings. The predicted octanol–water partition coefficient (Wildman–Crippen LogP) is 5.33. The molecule has 6 heteroatoms. The Morgan fingerprint density at radius 1 is 0.474 bits per heavy atom. The van der Waals surface area contributed by atoms with Gasteiger partial charge in [0.15, 0.2) is 0 Å². The van der Waals surface area contributed by atoms with Crippen LogP contribution in [0.3, 0.4) is 0 Å². The van der Waals surface area contributed by atoms with Crippen molar-refractivity contribution in [3.63, 3.8) is 0 Å². The molecular formula is C32H52N4O2. The zero-order valence-electron chi connectivity index (χ0n) is 24.7. The smallest absolute Gasteiger partial charge is 0.124 e. The lowest BCUT2D eigenvalue weighted by Gasteiger charge is -2.23. The molecule has 0 saturated carbocycles. The third-order valence-electron chi connectivity index (χ3n) is 7.44. The molecule has 38 heavy (non-hydrogen) atoms. The van der Waals surface area contributed by atoms with E-state index in [1.165, 1.54) is 11.1 Å². The molecule has 0 fully saturated rings. The van der Waals surface area contributed by atoms with Crippen molar-refractivity contribution < 1.29 is 10.2 Å². The molecule has 0 aliphatic carbocycles. The van der Waals surface area contributed by atoms with E-state index in [1.54, 1.807) is 0 Å². The second-order valence-corrected chi connectivity index (χ2v) is 12.9. The maximum absolute atomic E-state index is 11.0. The number of rotatable bonds is 0. The summed E-state index contributed by atoms with van der Waals surface area (Å²) in [6.45, 7) is 19.6. The fourth-order valence-electron chi connectivity index (χ4n) is 4.82. The van der Waals surface area contributed by atoms with Crippen LogP contribution >= 0.6 is 0 Å². The fraction of sp³-hybridized carbons (Fsp3) is 0.625. The summed E-state index contributed by atoms with van der Waals surface area (Å²) in [6.07, 6.45) is 4.18. The molecule has 4 bridgehead atoms. The number of hydrogen-bond donors (Lipinski definition) is 6. The van der Waals surface area contributed by atoms with E-state index in [9.17, 15) is 10.2 Å². The van der Waals surface area contributed by atoms with Crippen molar-refractivity contribution in [2.45, 2.75) is 104 Å². The van der Waals surface area contributed by atoms with Gasteiger partial charge < -0.3 is 31.5 Å². The van der Waals surface area contributed by atoms with Gasteiger partial charge in [0.25, 0.3) is 0 Å². The van der Waals surface area contributed by atoms with Crippen LogP contribution in [0.4, 0.5) is 0 Å². The van der Waals surface area contributed by atoms with Crippen LogP contribution < -0.4 is 21.3 Å². The highest BCUT2D eigenvalue weighted by Crippen LogP contribution is 2.32. The first-order valence-electron chi connectivity index (χ1n) is 14.5. The number of nitrogens with one attached hydrogen (secondary N) is 4. The van der Waals surface area contributed by atoms with Crippen LogP contribution in [-0.2, 0) is 37.0 Å². The maximum atomic E-state index is 11.0. The van der Waals surface area contributed by atoms with E-state index in [4.69, 9.17) is 0 Å². The summed E-state index contributed by atoms with van der Waals surface area (Å²) in [5.74, 6) is 0.832. The van der Waals surface area contributed by atoms with Crippen molar-refractivity contribution in [2.75, 3.05) is 26.2 Å². The monoisotopic (exact) mass is 524 g/mol. The average molecular weight is 525 g/mol. The van der Waals surface area contributed by atoms with Gasteiger partial charge in [-0.05, 0) is 73.8 Å². The minimum Gasteiger partial charge on any atom is -0.507 e. The van der Waals surface area contributed by atoms with E-state index < -0.39 is 0 Å². The van der Waals surface area contributed by atoms with Gasteiger partial charge in [0.05, 0.1) is 0 Å².